The Hall–Kier alpha value is 0.270. The fourth-order valence-corrected chi connectivity index (χ4v) is 2.28. The molecule has 1 rings (SSSR count). The molecule has 0 radical (unpaired) electrons. The second-order valence-corrected chi connectivity index (χ2v) is 3.50. The quantitative estimate of drug-likeness (QED) is 0.459. The summed E-state index contributed by atoms with van der Waals surface area (Å²) in [6.07, 6.45) is 1.27. The van der Waals surface area contributed by atoms with E-state index in [0.29, 0.717) is 6.04 Å². The molecule has 0 bridgehead atoms. The zero-order valence-electron chi connectivity index (χ0n) is 5.84. The van der Waals surface area contributed by atoms with Crippen molar-refractivity contribution < 1.29 is 0 Å². The third kappa shape index (κ3) is 1.85. The molecular weight excluding hydrogens is 132 g/mol. The Balaban J connectivity index is 2.24. The predicted octanol–water partition coefficient (Wildman–Crippen LogP) is 0.688. The summed E-state index contributed by atoms with van der Waals surface area (Å²) in [5, 5.41) is 1.94. The molecule has 9 heavy (non-hydrogen) atoms. The van der Waals surface area contributed by atoms with E-state index in [4.69, 9.17) is 5.84 Å². The lowest BCUT2D eigenvalue weighted by Crippen LogP contribution is -2.40. The van der Waals surface area contributed by atoms with Gasteiger partial charge in [0, 0.05) is 18.3 Å². The van der Waals surface area contributed by atoms with Gasteiger partial charge >= 0.3 is 0 Å². The Bertz CT molecular complexity index is 81.1. The van der Waals surface area contributed by atoms with Gasteiger partial charge in [-0.15, -0.1) is 0 Å². The van der Waals surface area contributed by atoms with Crippen molar-refractivity contribution in [2.45, 2.75) is 19.4 Å². The molecule has 0 aromatic carbocycles. The van der Waals surface area contributed by atoms with Crippen LogP contribution in [0.15, 0.2) is 0 Å². The van der Waals surface area contributed by atoms with E-state index in [2.05, 4.69) is 6.92 Å². The summed E-state index contributed by atoms with van der Waals surface area (Å²) in [7, 11) is 0. The third-order valence-electron chi connectivity index (χ3n) is 1.74. The summed E-state index contributed by atoms with van der Waals surface area (Å²) in [6.45, 7) is 3.08. The van der Waals surface area contributed by atoms with Crippen LogP contribution in [0.4, 0.5) is 0 Å². The van der Waals surface area contributed by atoms with E-state index in [1.165, 1.54) is 17.9 Å². The van der Waals surface area contributed by atoms with E-state index in [0.717, 1.165) is 6.54 Å². The molecule has 2 N–H and O–H groups in total. The van der Waals surface area contributed by atoms with E-state index in [-0.39, 0.29) is 0 Å². The van der Waals surface area contributed by atoms with Crippen LogP contribution in [0.3, 0.4) is 0 Å². The minimum atomic E-state index is 0.653. The monoisotopic (exact) mass is 146 g/mol. The van der Waals surface area contributed by atoms with Crippen LogP contribution in [0.5, 0.6) is 0 Å². The van der Waals surface area contributed by atoms with Crippen molar-refractivity contribution in [1.82, 2.24) is 5.01 Å². The molecule has 1 saturated heterocycles. The number of nitrogens with two attached hydrogens (primary N) is 1. The van der Waals surface area contributed by atoms with Gasteiger partial charge in [0.1, 0.15) is 0 Å². The summed E-state index contributed by atoms with van der Waals surface area (Å²) in [5.41, 5.74) is 0. The maximum absolute atomic E-state index is 5.70. The van der Waals surface area contributed by atoms with Gasteiger partial charge in [0.2, 0.25) is 0 Å². The fourth-order valence-electron chi connectivity index (χ4n) is 1.04. The van der Waals surface area contributed by atoms with Gasteiger partial charge in [0.05, 0.1) is 0 Å². The Kier molecular flexibility index (Phi) is 2.82. The van der Waals surface area contributed by atoms with Crippen LogP contribution in [0.1, 0.15) is 13.3 Å². The fraction of sp³-hybridized carbons (Fsp3) is 1.00. The van der Waals surface area contributed by atoms with Gasteiger partial charge in [-0.2, -0.15) is 11.8 Å². The van der Waals surface area contributed by atoms with E-state index in [1.54, 1.807) is 0 Å². The maximum atomic E-state index is 5.70. The minimum absolute atomic E-state index is 0.653. The number of rotatable bonds is 2. The normalized spacial score (nSPS) is 27.7. The van der Waals surface area contributed by atoms with Crippen LogP contribution in [0.25, 0.3) is 0 Å². The summed E-state index contributed by atoms with van der Waals surface area (Å²) < 4.78 is 0. The molecule has 2 nitrogen and oxygen atoms in total. The second kappa shape index (κ2) is 3.44. The highest BCUT2D eigenvalue weighted by Gasteiger charge is 2.18. The van der Waals surface area contributed by atoms with Gasteiger partial charge < -0.3 is 0 Å². The topological polar surface area (TPSA) is 29.3 Å². The molecular formula is C6H14N2S. The lowest BCUT2D eigenvalue weighted by molar-refractivity contribution is 0.230. The molecule has 0 amide bonds. The molecule has 54 valence electrons. The molecule has 0 aromatic rings. The van der Waals surface area contributed by atoms with E-state index in [1.807, 2.05) is 16.8 Å². The average molecular weight is 146 g/mol. The Morgan fingerprint density at radius 3 is 3.00 bits per heavy atom. The summed E-state index contributed by atoms with van der Waals surface area (Å²) in [5.74, 6) is 8.21. The summed E-state index contributed by atoms with van der Waals surface area (Å²) >= 11 is 2.00. The minimum Gasteiger partial charge on any atom is -0.269 e. The van der Waals surface area contributed by atoms with Gasteiger partial charge in [-0.25, -0.2) is 5.01 Å². The van der Waals surface area contributed by atoms with E-state index < -0.39 is 0 Å². The van der Waals surface area contributed by atoms with Crippen molar-refractivity contribution in [3.05, 3.63) is 0 Å². The molecule has 0 spiro atoms. The SMILES string of the molecule is CCN(N)[C@H]1CCSC1. The van der Waals surface area contributed by atoms with Crippen LogP contribution in [0, 0.1) is 0 Å². The first-order valence-corrected chi connectivity index (χ1v) is 4.59. The van der Waals surface area contributed by atoms with Crippen molar-refractivity contribution in [3.63, 3.8) is 0 Å². The molecule has 0 saturated carbocycles. The van der Waals surface area contributed by atoms with Crippen LogP contribution < -0.4 is 5.84 Å². The van der Waals surface area contributed by atoms with Gasteiger partial charge in [0.25, 0.3) is 0 Å². The zero-order valence-corrected chi connectivity index (χ0v) is 6.66. The van der Waals surface area contributed by atoms with Gasteiger partial charge in [-0.1, -0.05) is 6.92 Å². The van der Waals surface area contributed by atoms with Gasteiger partial charge in [-0.05, 0) is 12.2 Å². The van der Waals surface area contributed by atoms with Crippen molar-refractivity contribution in [3.8, 4) is 0 Å². The Morgan fingerprint density at radius 2 is 2.56 bits per heavy atom. The average Bonchev–Trinajstić information content (AvgIpc) is 2.37. The van der Waals surface area contributed by atoms with Crippen molar-refractivity contribution in [2.75, 3.05) is 18.1 Å². The molecule has 1 atom stereocenters. The van der Waals surface area contributed by atoms with Crippen LogP contribution in [0.2, 0.25) is 0 Å². The lowest BCUT2D eigenvalue weighted by atomic mass is 10.2. The molecule has 3 heteroatoms. The van der Waals surface area contributed by atoms with Crippen molar-refractivity contribution >= 4 is 11.8 Å². The first kappa shape index (κ1) is 7.38. The highest BCUT2D eigenvalue weighted by Crippen LogP contribution is 2.19. The van der Waals surface area contributed by atoms with Gasteiger partial charge in [-0.3, -0.25) is 5.84 Å². The molecule has 0 aromatic heterocycles. The number of thioether (sulfide) groups is 1. The molecule has 1 heterocycles. The van der Waals surface area contributed by atoms with Crippen LogP contribution in [-0.4, -0.2) is 29.1 Å². The molecule has 0 unspecified atom stereocenters. The number of nitrogens with zero attached hydrogens (tertiary/aromatic N) is 1. The second-order valence-electron chi connectivity index (χ2n) is 2.35. The first-order valence-electron chi connectivity index (χ1n) is 3.43. The Labute approximate surface area is 60.8 Å². The third-order valence-corrected chi connectivity index (χ3v) is 2.88. The smallest absolute Gasteiger partial charge is 0.0339 e. The van der Waals surface area contributed by atoms with Crippen LogP contribution >= 0.6 is 11.8 Å². The van der Waals surface area contributed by atoms with E-state index >= 15 is 0 Å². The first-order chi connectivity index (χ1) is 4.34. The molecule has 1 aliphatic rings. The number of hydrazine groups is 1. The Morgan fingerprint density at radius 1 is 1.78 bits per heavy atom. The summed E-state index contributed by atoms with van der Waals surface area (Å²) in [4.78, 5) is 0. The molecule has 1 fully saturated rings. The molecule has 1 aliphatic heterocycles. The van der Waals surface area contributed by atoms with Gasteiger partial charge in [0.15, 0.2) is 0 Å². The standard InChI is InChI=1S/C6H14N2S/c1-2-8(7)6-3-4-9-5-6/h6H,2-5,7H2,1H3/t6-/m0/s1. The number of hydrogen-bond acceptors (Lipinski definition) is 3. The van der Waals surface area contributed by atoms with Crippen molar-refractivity contribution in [1.29, 1.82) is 0 Å². The van der Waals surface area contributed by atoms with Crippen molar-refractivity contribution in [2.24, 2.45) is 5.84 Å². The largest absolute Gasteiger partial charge is 0.269 e. The number of hydrogen-bond donors (Lipinski definition) is 1. The zero-order chi connectivity index (χ0) is 6.69. The highest BCUT2D eigenvalue weighted by molar-refractivity contribution is 7.99. The highest BCUT2D eigenvalue weighted by atomic mass is 32.2. The maximum Gasteiger partial charge on any atom is 0.0339 e. The molecule has 0 aliphatic carbocycles. The predicted molar refractivity (Wildman–Crippen MR) is 42.3 cm³/mol. The summed E-state index contributed by atoms with van der Waals surface area (Å²) in [6, 6.07) is 0.653. The van der Waals surface area contributed by atoms with E-state index in [9.17, 15) is 0 Å². The van der Waals surface area contributed by atoms with Crippen LogP contribution in [-0.2, 0) is 0 Å². The lowest BCUT2D eigenvalue weighted by Gasteiger charge is -2.20.